The Balaban J connectivity index is 1.68. The summed E-state index contributed by atoms with van der Waals surface area (Å²) in [6, 6.07) is 5.25. The van der Waals surface area contributed by atoms with Gasteiger partial charge in [-0.05, 0) is 24.6 Å². The highest BCUT2D eigenvalue weighted by Gasteiger charge is 2.28. The van der Waals surface area contributed by atoms with Crippen LogP contribution in [0.5, 0.6) is 0 Å². The van der Waals surface area contributed by atoms with E-state index < -0.39 is 0 Å². The summed E-state index contributed by atoms with van der Waals surface area (Å²) in [7, 11) is 0. The van der Waals surface area contributed by atoms with Crippen LogP contribution in [-0.2, 0) is 9.47 Å². The number of rotatable bonds is 5. The van der Waals surface area contributed by atoms with Crippen LogP contribution in [0.15, 0.2) is 23.7 Å². The Bertz CT molecular complexity index is 645. The molecule has 118 valence electrons. The average Bonchev–Trinajstić information content (AvgIpc) is 3.01. The summed E-state index contributed by atoms with van der Waals surface area (Å²) in [5.74, 6) is -0.150. The molecule has 1 fully saturated rings. The molecule has 0 saturated carbocycles. The summed E-state index contributed by atoms with van der Waals surface area (Å²) in [5.41, 5.74) is 3.26. The maximum atomic E-state index is 12.4. The molecule has 7 heteroatoms. The fourth-order valence-electron chi connectivity index (χ4n) is 2.50. The Labute approximate surface area is 132 Å². The third-order valence-electron chi connectivity index (χ3n) is 3.63. The molecule has 3 rings (SSSR count). The van der Waals surface area contributed by atoms with Crippen molar-refractivity contribution in [1.82, 2.24) is 10.3 Å². The smallest absolute Gasteiger partial charge is 0.251 e. The van der Waals surface area contributed by atoms with E-state index in [0.717, 1.165) is 10.2 Å². The third-order valence-corrected chi connectivity index (χ3v) is 4.42. The first kappa shape index (κ1) is 15.4. The molecule has 1 aliphatic rings. The van der Waals surface area contributed by atoms with Crippen molar-refractivity contribution < 1.29 is 19.4 Å². The van der Waals surface area contributed by atoms with Gasteiger partial charge in [0.05, 0.1) is 47.7 Å². The Morgan fingerprint density at radius 2 is 2.45 bits per heavy atom. The fourth-order valence-corrected chi connectivity index (χ4v) is 3.22. The number of nitrogens with zero attached hydrogens (tertiary/aromatic N) is 1. The first-order chi connectivity index (χ1) is 10.8. The molecule has 6 nitrogen and oxygen atoms in total. The largest absolute Gasteiger partial charge is 0.394 e. The van der Waals surface area contributed by atoms with Crippen LogP contribution in [0.25, 0.3) is 10.2 Å². The number of amides is 1. The van der Waals surface area contributed by atoms with E-state index in [1.165, 1.54) is 11.3 Å². The van der Waals surface area contributed by atoms with E-state index in [-0.39, 0.29) is 31.3 Å². The van der Waals surface area contributed by atoms with Crippen molar-refractivity contribution in [2.24, 2.45) is 0 Å². The summed E-state index contributed by atoms with van der Waals surface area (Å²) >= 11 is 1.51. The lowest BCUT2D eigenvalue weighted by Gasteiger charge is -2.32. The standard InChI is InChI=1S/C15H18N2O4S/c18-4-6-21-13-3-5-20-8-12(13)17-15(19)10-1-2-11-14(7-10)22-9-16-11/h1-2,7,9,12-13,18H,3-6,8H2,(H,17,19). The van der Waals surface area contributed by atoms with Gasteiger partial charge in [0, 0.05) is 12.2 Å². The zero-order chi connectivity index (χ0) is 15.4. The van der Waals surface area contributed by atoms with Crippen molar-refractivity contribution >= 4 is 27.5 Å². The minimum atomic E-state index is -0.204. The van der Waals surface area contributed by atoms with E-state index >= 15 is 0 Å². The predicted molar refractivity (Wildman–Crippen MR) is 83.1 cm³/mol. The number of hydrogen-bond acceptors (Lipinski definition) is 6. The number of aliphatic hydroxyl groups excluding tert-OH is 1. The molecule has 2 heterocycles. The lowest BCUT2D eigenvalue weighted by Crippen LogP contribution is -2.50. The lowest BCUT2D eigenvalue weighted by molar-refractivity contribution is -0.0612. The molecule has 22 heavy (non-hydrogen) atoms. The molecule has 1 aliphatic heterocycles. The van der Waals surface area contributed by atoms with Crippen molar-refractivity contribution in [3.05, 3.63) is 29.3 Å². The molecule has 2 aromatic rings. The van der Waals surface area contributed by atoms with E-state index in [4.69, 9.17) is 14.6 Å². The van der Waals surface area contributed by atoms with Crippen LogP contribution < -0.4 is 5.32 Å². The summed E-state index contributed by atoms with van der Waals surface area (Å²) in [6.07, 6.45) is 0.579. The highest BCUT2D eigenvalue weighted by molar-refractivity contribution is 7.16. The van der Waals surface area contributed by atoms with Crippen LogP contribution >= 0.6 is 11.3 Å². The number of benzene rings is 1. The molecule has 2 unspecified atom stereocenters. The first-order valence-electron chi connectivity index (χ1n) is 7.22. The van der Waals surface area contributed by atoms with Gasteiger partial charge in [0.15, 0.2) is 0 Å². The highest BCUT2D eigenvalue weighted by atomic mass is 32.1. The lowest BCUT2D eigenvalue weighted by atomic mass is 10.1. The molecule has 0 spiro atoms. The molecule has 0 aliphatic carbocycles. The van der Waals surface area contributed by atoms with Crippen molar-refractivity contribution in [2.45, 2.75) is 18.6 Å². The predicted octanol–water partition coefficient (Wildman–Crippen LogP) is 1.19. The quantitative estimate of drug-likeness (QED) is 0.864. The third kappa shape index (κ3) is 3.44. The second kappa shape index (κ2) is 7.15. The summed E-state index contributed by atoms with van der Waals surface area (Å²) in [6.45, 7) is 1.27. The van der Waals surface area contributed by atoms with E-state index in [1.807, 2.05) is 12.1 Å². The summed E-state index contributed by atoms with van der Waals surface area (Å²) in [4.78, 5) is 16.6. The Hall–Kier alpha value is -1.54. The zero-order valence-corrected chi connectivity index (χ0v) is 12.8. The number of aromatic nitrogens is 1. The molecule has 0 radical (unpaired) electrons. The second-order valence-corrected chi connectivity index (χ2v) is 6.00. The molecule has 1 amide bonds. The fraction of sp³-hybridized carbons (Fsp3) is 0.467. The SMILES string of the molecule is O=C(NC1COCCC1OCCO)c1ccc2ncsc2c1. The Morgan fingerprint density at radius 1 is 1.55 bits per heavy atom. The van der Waals surface area contributed by atoms with Gasteiger partial charge in [-0.15, -0.1) is 11.3 Å². The van der Waals surface area contributed by atoms with Gasteiger partial charge in [-0.25, -0.2) is 4.98 Å². The van der Waals surface area contributed by atoms with Gasteiger partial charge in [0.2, 0.25) is 0 Å². The van der Waals surface area contributed by atoms with Crippen molar-refractivity contribution in [2.75, 3.05) is 26.4 Å². The highest BCUT2D eigenvalue weighted by Crippen LogP contribution is 2.19. The van der Waals surface area contributed by atoms with Gasteiger partial charge in [-0.1, -0.05) is 0 Å². The number of hydrogen-bond donors (Lipinski definition) is 2. The minimum Gasteiger partial charge on any atom is -0.394 e. The molecular formula is C15H18N2O4S. The molecular weight excluding hydrogens is 304 g/mol. The number of thiazole rings is 1. The zero-order valence-electron chi connectivity index (χ0n) is 12.0. The van der Waals surface area contributed by atoms with Gasteiger partial charge in [0.1, 0.15) is 0 Å². The van der Waals surface area contributed by atoms with Crippen LogP contribution in [0, 0.1) is 0 Å². The van der Waals surface area contributed by atoms with Gasteiger partial charge >= 0.3 is 0 Å². The van der Waals surface area contributed by atoms with Crippen LogP contribution in [0.3, 0.4) is 0 Å². The number of carbonyl (C=O) groups excluding carboxylic acids is 1. The molecule has 1 saturated heterocycles. The van der Waals surface area contributed by atoms with Crippen LogP contribution in [-0.4, -0.2) is 54.6 Å². The summed E-state index contributed by atoms with van der Waals surface area (Å²) in [5, 5.41) is 11.8. The van der Waals surface area contributed by atoms with Crippen LogP contribution in [0.4, 0.5) is 0 Å². The monoisotopic (exact) mass is 322 g/mol. The van der Waals surface area contributed by atoms with Crippen LogP contribution in [0.1, 0.15) is 16.8 Å². The van der Waals surface area contributed by atoms with Crippen molar-refractivity contribution in [1.29, 1.82) is 0 Å². The molecule has 0 bridgehead atoms. The minimum absolute atomic E-state index is 0.0277. The maximum absolute atomic E-state index is 12.4. The van der Waals surface area contributed by atoms with Gasteiger partial charge in [-0.3, -0.25) is 4.79 Å². The van der Waals surface area contributed by atoms with E-state index in [1.54, 1.807) is 11.6 Å². The molecule has 2 atom stereocenters. The van der Waals surface area contributed by atoms with E-state index in [2.05, 4.69) is 10.3 Å². The average molecular weight is 322 g/mol. The molecule has 1 aromatic carbocycles. The van der Waals surface area contributed by atoms with Crippen LogP contribution in [0.2, 0.25) is 0 Å². The topological polar surface area (TPSA) is 80.7 Å². The Kier molecular flexibility index (Phi) is 4.99. The number of carbonyl (C=O) groups is 1. The normalized spacial score (nSPS) is 21.9. The van der Waals surface area contributed by atoms with Gasteiger partial charge in [-0.2, -0.15) is 0 Å². The number of aliphatic hydroxyl groups is 1. The number of ether oxygens (including phenoxy) is 2. The first-order valence-corrected chi connectivity index (χ1v) is 8.10. The Morgan fingerprint density at radius 3 is 3.32 bits per heavy atom. The second-order valence-electron chi connectivity index (χ2n) is 5.11. The molecule has 1 aromatic heterocycles. The number of nitrogens with one attached hydrogen (secondary N) is 1. The van der Waals surface area contributed by atoms with Crippen molar-refractivity contribution in [3.63, 3.8) is 0 Å². The molecule has 2 N–H and O–H groups in total. The van der Waals surface area contributed by atoms with E-state index in [9.17, 15) is 4.79 Å². The van der Waals surface area contributed by atoms with Crippen molar-refractivity contribution in [3.8, 4) is 0 Å². The van der Waals surface area contributed by atoms with Gasteiger partial charge in [0.25, 0.3) is 5.91 Å². The number of fused-ring (bicyclic) bond motifs is 1. The van der Waals surface area contributed by atoms with E-state index in [0.29, 0.717) is 25.2 Å². The maximum Gasteiger partial charge on any atom is 0.251 e. The summed E-state index contributed by atoms with van der Waals surface area (Å²) < 4.78 is 12.0. The van der Waals surface area contributed by atoms with Gasteiger partial charge < -0.3 is 19.9 Å².